The predicted molar refractivity (Wildman–Crippen MR) is 77.1 cm³/mol. The summed E-state index contributed by atoms with van der Waals surface area (Å²) in [5, 5.41) is 2.80. The van der Waals surface area contributed by atoms with Gasteiger partial charge in [0.2, 0.25) is 0 Å². The number of halogens is 1. The van der Waals surface area contributed by atoms with Crippen molar-refractivity contribution in [2.75, 3.05) is 19.8 Å². The molecule has 1 aromatic rings. The second-order valence-electron chi connectivity index (χ2n) is 3.45. The molecular weight excluding hydrogens is 329 g/mol. The Labute approximate surface area is 115 Å². The van der Waals surface area contributed by atoms with Gasteiger partial charge in [-0.2, -0.15) is 0 Å². The van der Waals surface area contributed by atoms with Crippen molar-refractivity contribution in [2.24, 2.45) is 0 Å². The van der Waals surface area contributed by atoms with Gasteiger partial charge in [0, 0.05) is 15.7 Å². The van der Waals surface area contributed by atoms with Crippen molar-refractivity contribution in [3.05, 3.63) is 46.1 Å². The van der Waals surface area contributed by atoms with Gasteiger partial charge in [-0.3, -0.25) is 4.79 Å². The van der Waals surface area contributed by atoms with Gasteiger partial charge < -0.3 is 10.1 Å². The molecule has 92 valence electrons. The highest BCUT2D eigenvalue weighted by Crippen LogP contribution is 2.06. The van der Waals surface area contributed by atoms with Crippen molar-refractivity contribution in [1.29, 1.82) is 0 Å². The van der Waals surface area contributed by atoms with E-state index in [1.54, 1.807) is 0 Å². The Morgan fingerprint density at radius 3 is 2.71 bits per heavy atom. The largest absolute Gasteiger partial charge is 0.379 e. The van der Waals surface area contributed by atoms with Crippen molar-refractivity contribution in [3.8, 4) is 0 Å². The lowest BCUT2D eigenvalue weighted by molar-refractivity contribution is 0.0918. The second-order valence-corrected chi connectivity index (χ2v) is 4.70. The van der Waals surface area contributed by atoms with E-state index in [2.05, 4.69) is 34.5 Å². The Morgan fingerprint density at radius 2 is 2.06 bits per heavy atom. The van der Waals surface area contributed by atoms with E-state index < -0.39 is 0 Å². The third-order valence-corrected chi connectivity index (χ3v) is 2.82. The normalized spacial score (nSPS) is 9.94. The molecule has 17 heavy (non-hydrogen) atoms. The first-order valence-corrected chi connectivity index (χ1v) is 6.54. The Bertz CT molecular complexity index is 362. The molecule has 0 aromatic heterocycles. The zero-order valence-corrected chi connectivity index (χ0v) is 11.8. The number of rotatable bonds is 7. The predicted octanol–water partition coefficient (Wildman–Crippen LogP) is 2.61. The number of ether oxygens (including phenoxy) is 1. The lowest BCUT2D eigenvalue weighted by atomic mass is 10.2. The number of carbonyl (C=O) groups excluding carboxylic acids is 1. The summed E-state index contributed by atoms with van der Waals surface area (Å²) in [5.41, 5.74) is 0.677. The molecule has 1 N–H and O–H groups in total. The van der Waals surface area contributed by atoms with Crippen LogP contribution in [-0.4, -0.2) is 25.7 Å². The van der Waals surface area contributed by atoms with E-state index in [9.17, 15) is 4.79 Å². The van der Waals surface area contributed by atoms with E-state index in [-0.39, 0.29) is 5.91 Å². The minimum atomic E-state index is -0.0614. The van der Waals surface area contributed by atoms with Gasteiger partial charge >= 0.3 is 0 Å². The molecule has 0 aliphatic carbocycles. The van der Waals surface area contributed by atoms with Gasteiger partial charge in [0.05, 0.1) is 13.2 Å². The summed E-state index contributed by atoms with van der Waals surface area (Å²) in [7, 11) is 0. The maximum Gasteiger partial charge on any atom is 0.251 e. The molecular formula is C13H16INO2. The molecule has 0 aliphatic heterocycles. The summed E-state index contributed by atoms with van der Waals surface area (Å²) in [6.45, 7) is 5.32. The highest BCUT2D eigenvalue weighted by atomic mass is 127. The molecule has 1 aromatic carbocycles. The first-order valence-electron chi connectivity index (χ1n) is 5.46. The number of benzene rings is 1. The van der Waals surface area contributed by atoms with Crippen LogP contribution in [0, 0.1) is 3.57 Å². The van der Waals surface area contributed by atoms with Gasteiger partial charge in [-0.1, -0.05) is 6.08 Å². The smallest absolute Gasteiger partial charge is 0.251 e. The molecule has 4 heteroatoms. The SMILES string of the molecule is C=CCCOCCNC(=O)c1ccc(I)cc1. The van der Waals surface area contributed by atoms with Crippen molar-refractivity contribution in [1.82, 2.24) is 5.32 Å². The third kappa shape index (κ3) is 5.83. The van der Waals surface area contributed by atoms with E-state index in [0.717, 1.165) is 9.99 Å². The van der Waals surface area contributed by atoms with E-state index >= 15 is 0 Å². The Hall–Kier alpha value is -0.880. The van der Waals surface area contributed by atoms with Gasteiger partial charge in [-0.05, 0) is 53.3 Å². The fraction of sp³-hybridized carbons (Fsp3) is 0.308. The number of hydrogen-bond donors (Lipinski definition) is 1. The van der Waals surface area contributed by atoms with Gasteiger partial charge in [0.1, 0.15) is 0 Å². The third-order valence-electron chi connectivity index (χ3n) is 2.10. The zero-order valence-electron chi connectivity index (χ0n) is 9.62. The Morgan fingerprint density at radius 1 is 1.35 bits per heavy atom. The highest BCUT2D eigenvalue weighted by Gasteiger charge is 2.03. The molecule has 0 fully saturated rings. The van der Waals surface area contributed by atoms with E-state index in [1.165, 1.54) is 0 Å². The summed E-state index contributed by atoms with van der Waals surface area (Å²) >= 11 is 2.21. The van der Waals surface area contributed by atoms with Crippen LogP contribution in [0.15, 0.2) is 36.9 Å². The number of nitrogens with one attached hydrogen (secondary N) is 1. The molecule has 0 heterocycles. The summed E-state index contributed by atoms with van der Waals surface area (Å²) < 4.78 is 6.41. The maximum absolute atomic E-state index is 11.7. The fourth-order valence-corrected chi connectivity index (χ4v) is 1.57. The summed E-state index contributed by atoms with van der Waals surface area (Å²) in [6, 6.07) is 7.46. The Balaban J connectivity index is 2.21. The standard InChI is InChI=1S/C13H16INO2/c1-2-3-9-17-10-8-15-13(16)11-4-6-12(14)7-5-11/h2,4-7H,1,3,8-10H2,(H,15,16). The molecule has 3 nitrogen and oxygen atoms in total. The lowest BCUT2D eigenvalue weighted by Crippen LogP contribution is -2.27. The molecule has 0 saturated carbocycles. The van der Waals surface area contributed by atoms with Crippen molar-refractivity contribution in [3.63, 3.8) is 0 Å². The van der Waals surface area contributed by atoms with Gasteiger partial charge in [0.15, 0.2) is 0 Å². The number of amides is 1. The minimum Gasteiger partial charge on any atom is -0.379 e. The van der Waals surface area contributed by atoms with Crippen LogP contribution in [0.3, 0.4) is 0 Å². The van der Waals surface area contributed by atoms with Crippen molar-refractivity contribution < 1.29 is 9.53 Å². The van der Waals surface area contributed by atoms with Crippen LogP contribution in [0.25, 0.3) is 0 Å². The van der Waals surface area contributed by atoms with Crippen LogP contribution < -0.4 is 5.32 Å². The average molecular weight is 345 g/mol. The molecule has 0 bridgehead atoms. The van der Waals surface area contributed by atoms with Crippen LogP contribution in [0.1, 0.15) is 16.8 Å². The van der Waals surface area contributed by atoms with E-state index in [1.807, 2.05) is 30.3 Å². The lowest BCUT2D eigenvalue weighted by Gasteiger charge is -2.05. The monoisotopic (exact) mass is 345 g/mol. The fourth-order valence-electron chi connectivity index (χ4n) is 1.21. The van der Waals surface area contributed by atoms with Crippen LogP contribution in [0.4, 0.5) is 0 Å². The molecule has 0 aliphatic rings. The molecule has 0 unspecified atom stereocenters. The zero-order chi connectivity index (χ0) is 12.5. The molecule has 0 saturated heterocycles. The first kappa shape index (κ1) is 14.2. The van der Waals surface area contributed by atoms with Crippen LogP contribution in [0.2, 0.25) is 0 Å². The number of hydrogen-bond acceptors (Lipinski definition) is 2. The summed E-state index contributed by atoms with van der Waals surface area (Å²) in [4.78, 5) is 11.7. The first-order chi connectivity index (χ1) is 8.24. The highest BCUT2D eigenvalue weighted by molar-refractivity contribution is 14.1. The molecule has 1 rings (SSSR count). The molecule has 0 atom stereocenters. The molecule has 1 amide bonds. The maximum atomic E-state index is 11.7. The van der Waals surface area contributed by atoms with Crippen LogP contribution in [0.5, 0.6) is 0 Å². The quantitative estimate of drug-likeness (QED) is 0.469. The van der Waals surface area contributed by atoms with Gasteiger partial charge in [-0.15, -0.1) is 6.58 Å². The molecule has 0 spiro atoms. The van der Waals surface area contributed by atoms with Crippen LogP contribution in [-0.2, 0) is 4.74 Å². The van der Waals surface area contributed by atoms with Gasteiger partial charge in [-0.25, -0.2) is 0 Å². The average Bonchev–Trinajstić information content (AvgIpc) is 2.34. The van der Waals surface area contributed by atoms with Crippen LogP contribution >= 0.6 is 22.6 Å². The summed E-state index contributed by atoms with van der Waals surface area (Å²) in [5.74, 6) is -0.0614. The van der Waals surface area contributed by atoms with Crippen molar-refractivity contribution >= 4 is 28.5 Å². The van der Waals surface area contributed by atoms with Crippen molar-refractivity contribution in [2.45, 2.75) is 6.42 Å². The van der Waals surface area contributed by atoms with E-state index in [0.29, 0.717) is 25.3 Å². The van der Waals surface area contributed by atoms with E-state index in [4.69, 9.17) is 4.74 Å². The second kappa shape index (κ2) is 8.25. The Kier molecular flexibility index (Phi) is 6.88. The summed E-state index contributed by atoms with van der Waals surface area (Å²) in [6.07, 6.45) is 2.65. The topological polar surface area (TPSA) is 38.3 Å². The van der Waals surface area contributed by atoms with Gasteiger partial charge in [0.25, 0.3) is 5.91 Å². The number of carbonyl (C=O) groups is 1. The minimum absolute atomic E-state index is 0.0614. The molecule has 0 radical (unpaired) electrons.